The first-order chi connectivity index (χ1) is 14.2. The molecule has 30 heavy (non-hydrogen) atoms. The van der Waals surface area contributed by atoms with Crippen molar-refractivity contribution in [2.45, 2.75) is 62.7 Å². The lowest BCUT2D eigenvalue weighted by molar-refractivity contribution is -0.144. The van der Waals surface area contributed by atoms with Gasteiger partial charge in [0.1, 0.15) is 18.1 Å². The molecule has 4 unspecified atom stereocenters. The molecule has 11 nitrogen and oxygen atoms in total. The minimum atomic E-state index is -1.40. The molecule has 2 rings (SSSR count). The molecule has 4 atom stereocenters. The maximum Gasteiger partial charge on any atom is 0.326 e. The maximum absolute atomic E-state index is 12.8. The van der Waals surface area contributed by atoms with Gasteiger partial charge in [0.05, 0.1) is 6.04 Å². The largest absolute Gasteiger partial charge is 0.481 e. The second kappa shape index (κ2) is 11.2. The molecule has 2 saturated heterocycles. The Morgan fingerprint density at radius 2 is 1.80 bits per heavy atom. The molecule has 2 aliphatic heterocycles. The molecule has 0 bridgehead atoms. The number of nitrogens with zero attached hydrogens (tertiary/aromatic N) is 1. The molecule has 2 fully saturated rings. The summed E-state index contributed by atoms with van der Waals surface area (Å²) in [7, 11) is 0. The van der Waals surface area contributed by atoms with E-state index in [0.717, 1.165) is 19.4 Å². The van der Waals surface area contributed by atoms with Gasteiger partial charge in [0.15, 0.2) is 0 Å². The van der Waals surface area contributed by atoms with Gasteiger partial charge in [-0.3, -0.25) is 19.2 Å². The fraction of sp³-hybridized carbons (Fsp3) is 0.722. The van der Waals surface area contributed by atoms with Crippen molar-refractivity contribution in [3.63, 3.8) is 0 Å². The Balaban J connectivity index is 1.96. The zero-order valence-corrected chi connectivity index (χ0v) is 17.4. The summed E-state index contributed by atoms with van der Waals surface area (Å²) in [5.74, 6) is -4.04. The lowest BCUT2D eigenvalue weighted by Crippen LogP contribution is -2.57. The molecule has 0 aromatic heterocycles. The van der Waals surface area contributed by atoms with Crippen LogP contribution in [-0.2, 0) is 24.0 Å². The lowest BCUT2D eigenvalue weighted by atomic mass is 10.1. The third-order valence-corrected chi connectivity index (χ3v) is 5.64. The number of aliphatic carboxylic acids is 2. The predicted molar refractivity (Wildman–Crippen MR) is 108 cm³/mol. The van der Waals surface area contributed by atoms with Crippen molar-refractivity contribution in [1.29, 1.82) is 0 Å². The zero-order chi connectivity index (χ0) is 22.3. The summed E-state index contributed by atoms with van der Waals surface area (Å²) in [5, 5.41) is 25.8. The van der Waals surface area contributed by atoms with Crippen molar-refractivity contribution in [2.75, 3.05) is 18.8 Å². The standard InChI is InChI=1S/C18H28N4O7S/c23-14(24)6-5-11(18(28)29)20-15(25)12(9-30)21-16(26)13-4-2-8-22(13)17(27)10-3-1-7-19-10/h10-13,19,30H,1-9H2,(H,20,25)(H,21,26)(H,23,24)(H,28,29). The summed E-state index contributed by atoms with van der Waals surface area (Å²) < 4.78 is 0. The molecule has 2 aliphatic rings. The van der Waals surface area contributed by atoms with Gasteiger partial charge in [-0.05, 0) is 38.6 Å². The summed E-state index contributed by atoms with van der Waals surface area (Å²) in [6, 6.07) is -3.51. The smallest absolute Gasteiger partial charge is 0.326 e. The number of hydrogen-bond acceptors (Lipinski definition) is 7. The third kappa shape index (κ3) is 6.33. The van der Waals surface area contributed by atoms with Gasteiger partial charge >= 0.3 is 11.9 Å². The highest BCUT2D eigenvalue weighted by Gasteiger charge is 2.39. The van der Waals surface area contributed by atoms with E-state index < -0.39 is 48.3 Å². The number of carboxylic acids is 2. The molecular weight excluding hydrogens is 416 g/mol. The number of carbonyl (C=O) groups is 5. The Morgan fingerprint density at radius 1 is 1.07 bits per heavy atom. The van der Waals surface area contributed by atoms with Crippen LogP contribution in [0.3, 0.4) is 0 Å². The van der Waals surface area contributed by atoms with Crippen LogP contribution >= 0.6 is 12.6 Å². The quantitative estimate of drug-likeness (QED) is 0.223. The molecule has 0 aromatic rings. The van der Waals surface area contributed by atoms with Crippen LogP contribution in [0.1, 0.15) is 38.5 Å². The summed E-state index contributed by atoms with van der Waals surface area (Å²) in [4.78, 5) is 61.3. The Morgan fingerprint density at radius 3 is 2.37 bits per heavy atom. The van der Waals surface area contributed by atoms with Crippen molar-refractivity contribution in [2.24, 2.45) is 0 Å². The minimum Gasteiger partial charge on any atom is -0.481 e. The molecule has 5 N–H and O–H groups in total. The van der Waals surface area contributed by atoms with E-state index in [0.29, 0.717) is 19.4 Å². The van der Waals surface area contributed by atoms with Gasteiger partial charge in [-0.2, -0.15) is 12.6 Å². The minimum absolute atomic E-state index is 0.0896. The second-order valence-electron chi connectivity index (χ2n) is 7.41. The first-order valence-corrected chi connectivity index (χ1v) is 10.6. The molecule has 12 heteroatoms. The summed E-state index contributed by atoms with van der Waals surface area (Å²) in [6.07, 6.45) is 2.05. The number of carboxylic acid groups (broad SMARTS) is 2. The maximum atomic E-state index is 12.8. The summed E-state index contributed by atoms with van der Waals surface area (Å²) in [6.45, 7) is 1.22. The van der Waals surface area contributed by atoms with Crippen molar-refractivity contribution >= 4 is 42.3 Å². The van der Waals surface area contributed by atoms with E-state index in [1.807, 2.05) is 0 Å². The van der Waals surface area contributed by atoms with Crippen LogP contribution in [0.15, 0.2) is 0 Å². The second-order valence-corrected chi connectivity index (χ2v) is 7.78. The number of hydrogen-bond donors (Lipinski definition) is 6. The van der Waals surface area contributed by atoms with Crippen LogP contribution in [-0.4, -0.2) is 87.8 Å². The van der Waals surface area contributed by atoms with Crippen molar-refractivity contribution < 1.29 is 34.2 Å². The average Bonchev–Trinajstić information content (AvgIpc) is 3.39. The van der Waals surface area contributed by atoms with E-state index in [-0.39, 0.29) is 24.1 Å². The van der Waals surface area contributed by atoms with Gasteiger partial charge in [0, 0.05) is 18.7 Å². The van der Waals surface area contributed by atoms with Gasteiger partial charge in [-0.15, -0.1) is 0 Å². The van der Waals surface area contributed by atoms with Crippen LogP contribution in [0.2, 0.25) is 0 Å². The Labute approximate surface area is 179 Å². The van der Waals surface area contributed by atoms with E-state index >= 15 is 0 Å². The normalized spacial score (nSPS) is 22.9. The van der Waals surface area contributed by atoms with E-state index in [1.165, 1.54) is 4.90 Å². The first-order valence-electron chi connectivity index (χ1n) is 9.94. The van der Waals surface area contributed by atoms with Crippen LogP contribution in [0.5, 0.6) is 0 Å². The van der Waals surface area contributed by atoms with Gasteiger partial charge in [-0.25, -0.2) is 4.79 Å². The van der Waals surface area contributed by atoms with E-state index in [1.54, 1.807) is 0 Å². The highest BCUT2D eigenvalue weighted by atomic mass is 32.1. The third-order valence-electron chi connectivity index (χ3n) is 5.27. The molecule has 0 radical (unpaired) electrons. The van der Waals surface area contributed by atoms with Gasteiger partial charge in [-0.1, -0.05) is 0 Å². The predicted octanol–water partition coefficient (Wildman–Crippen LogP) is -1.42. The first kappa shape index (κ1) is 23.9. The Hall–Kier alpha value is -2.34. The molecule has 3 amide bonds. The number of amides is 3. The van der Waals surface area contributed by atoms with Crippen molar-refractivity contribution in [3.05, 3.63) is 0 Å². The zero-order valence-electron chi connectivity index (χ0n) is 16.5. The number of thiol groups is 1. The molecule has 0 aromatic carbocycles. The topological polar surface area (TPSA) is 165 Å². The van der Waals surface area contributed by atoms with E-state index in [4.69, 9.17) is 5.11 Å². The summed E-state index contributed by atoms with van der Waals surface area (Å²) in [5.41, 5.74) is 0. The lowest BCUT2D eigenvalue weighted by Gasteiger charge is -2.28. The van der Waals surface area contributed by atoms with Gasteiger partial charge < -0.3 is 31.1 Å². The highest BCUT2D eigenvalue weighted by Crippen LogP contribution is 2.21. The number of likely N-dealkylation sites (tertiary alicyclic amines) is 1. The van der Waals surface area contributed by atoms with Gasteiger partial charge in [0.2, 0.25) is 17.7 Å². The highest BCUT2D eigenvalue weighted by molar-refractivity contribution is 7.80. The van der Waals surface area contributed by atoms with E-state index in [2.05, 4.69) is 28.6 Å². The van der Waals surface area contributed by atoms with Crippen molar-refractivity contribution in [3.8, 4) is 0 Å². The molecule has 0 spiro atoms. The van der Waals surface area contributed by atoms with Crippen LogP contribution in [0.4, 0.5) is 0 Å². The van der Waals surface area contributed by atoms with Crippen LogP contribution in [0.25, 0.3) is 0 Å². The Bertz CT molecular complexity index is 683. The SMILES string of the molecule is O=C(O)CCC(NC(=O)C(CS)NC(=O)C1CCCN1C(=O)C1CCCN1)C(=O)O. The molecular formula is C18H28N4O7S. The van der Waals surface area contributed by atoms with Crippen LogP contribution < -0.4 is 16.0 Å². The summed E-state index contributed by atoms with van der Waals surface area (Å²) >= 11 is 4.06. The Kier molecular flexibility index (Phi) is 8.90. The van der Waals surface area contributed by atoms with Crippen LogP contribution in [0, 0.1) is 0 Å². The van der Waals surface area contributed by atoms with E-state index in [9.17, 15) is 29.1 Å². The molecule has 2 heterocycles. The fourth-order valence-electron chi connectivity index (χ4n) is 3.66. The van der Waals surface area contributed by atoms with Gasteiger partial charge in [0.25, 0.3) is 0 Å². The monoisotopic (exact) mass is 444 g/mol. The van der Waals surface area contributed by atoms with Crippen molar-refractivity contribution in [1.82, 2.24) is 20.9 Å². The number of carbonyl (C=O) groups excluding carboxylic acids is 3. The number of rotatable bonds is 10. The number of nitrogens with one attached hydrogen (secondary N) is 3. The fourth-order valence-corrected chi connectivity index (χ4v) is 3.92. The molecule has 0 saturated carbocycles. The average molecular weight is 445 g/mol. The molecule has 0 aliphatic carbocycles. The molecule has 168 valence electrons.